The maximum atomic E-state index is 12.7. The number of nitrogens with zero attached hydrogens (tertiary/aromatic N) is 1. The zero-order valence-corrected chi connectivity index (χ0v) is 13.1. The highest BCUT2D eigenvalue weighted by molar-refractivity contribution is 5.94. The Balaban J connectivity index is 2.16. The van der Waals surface area contributed by atoms with Crippen LogP contribution in [-0.4, -0.2) is 56.4 Å². The van der Waals surface area contributed by atoms with Gasteiger partial charge in [0, 0.05) is 25.8 Å². The van der Waals surface area contributed by atoms with Gasteiger partial charge in [0.1, 0.15) is 5.75 Å². The highest BCUT2D eigenvalue weighted by atomic mass is 16.5. The molecule has 0 radical (unpaired) electrons. The highest BCUT2D eigenvalue weighted by Gasteiger charge is 2.35. The van der Waals surface area contributed by atoms with Crippen LogP contribution in [0.3, 0.4) is 0 Å². The molecule has 1 fully saturated rings. The topological polar surface area (TPSA) is 48.0 Å². The minimum atomic E-state index is -0.379. The number of ether oxygens (including phenoxy) is 3. The summed E-state index contributed by atoms with van der Waals surface area (Å²) in [6.45, 7) is 5.54. The second-order valence-electron chi connectivity index (χ2n) is 5.87. The lowest BCUT2D eigenvalue weighted by molar-refractivity contribution is -0.143. The van der Waals surface area contributed by atoms with Crippen LogP contribution in [0.5, 0.6) is 5.75 Å². The Morgan fingerprint density at radius 2 is 2.19 bits per heavy atom. The van der Waals surface area contributed by atoms with Crippen molar-refractivity contribution in [2.75, 3.05) is 33.9 Å². The third kappa shape index (κ3) is 3.95. The van der Waals surface area contributed by atoms with E-state index >= 15 is 0 Å². The smallest absolute Gasteiger partial charge is 0.254 e. The van der Waals surface area contributed by atoms with Gasteiger partial charge in [-0.15, -0.1) is 0 Å². The summed E-state index contributed by atoms with van der Waals surface area (Å²) in [6.07, 6.45) is -0.103. The first-order valence-electron chi connectivity index (χ1n) is 7.05. The fourth-order valence-corrected chi connectivity index (χ4v) is 2.66. The van der Waals surface area contributed by atoms with Crippen molar-refractivity contribution in [1.82, 2.24) is 4.90 Å². The van der Waals surface area contributed by atoms with E-state index in [0.717, 1.165) is 0 Å². The SMILES string of the molecule is COC[C@@H]1CN(C(=O)c2cccc(OC)c2)CC(C)(C)O1. The van der Waals surface area contributed by atoms with Crippen molar-refractivity contribution in [1.29, 1.82) is 0 Å². The average molecular weight is 293 g/mol. The molecule has 0 bridgehead atoms. The number of rotatable bonds is 4. The molecule has 1 atom stereocenters. The Morgan fingerprint density at radius 1 is 1.43 bits per heavy atom. The molecule has 0 N–H and O–H groups in total. The molecule has 1 amide bonds. The van der Waals surface area contributed by atoms with Gasteiger partial charge < -0.3 is 19.1 Å². The molecule has 1 aliphatic heterocycles. The van der Waals surface area contributed by atoms with Crippen LogP contribution in [0.25, 0.3) is 0 Å². The van der Waals surface area contributed by atoms with Crippen molar-refractivity contribution in [2.45, 2.75) is 25.6 Å². The second-order valence-corrected chi connectivity index (χ2v) is 5.87. The fraction of sp³-hybridized carbons (Fsp3) is 0.562. The lowest BCUT2D eigenvalue weighted by Gasteiger charge is -2.42. The largest absolute Gasteiger partial charge is 0.497 e. The Kier molecular flexibility index (Phi) is 4.85. The number of carbonyl (C=O) groups excluding carboxylic acids is 1. The third-order valence-electron chi connectivity index (χ3n) is 3.44. The van der Waals surface area contributed by atoms with Crippen LogP contribution in [0.2, 0.25) is 0 Å². The minimum Gasteiger partial charge on any atom is -0.497 e. The van der Waals surface area contributed by atoms with Crippen LogP contribution in [0.15, 0.2) is 24.3 Å². The Morgan fingerprint density at radius 3 is 2.86 bits per heavy atom. The first-order valence-corrected chi connectivity index (χ1v) is 7.05. The molecule has 0 spiro atoms. The number of hydrogen-bond donors (Lipinski definition) is 0. The first-order chi connectivity index (χ1) is 9.95. The molecule has 1 aliphatic rings. The molecule has 1 aromatic carbocycles. The molecule has 21 heavy (non-hydrogen) atoms. The molecule has 5 nitrogen and oxygen atoms in total. The lowest BCUT2D eigenvalue weighted by Crippen LogP contribution is -2.55. The van der Waals surface area contributed by atoms with E-state index in [4.69, 9.17) is 14.2 Å². The van der Waals surface area contributed by atoms with Crippen molar-refractivity contribution in [2.24, 2.45) is 0 Å². The first kappa shape index (κ1) is 15.8. The third-order valence-corrected chi connectivity index (χ3v) is 3.44. The zero-order chi connectivity index (χ0) is 15.5. The number of benzene rings is 1. The predicted molar refractivity (Wildman–Crippen MR) is 79.7 cm³/mol. The van der Waals surface area contributed by atoms with Crippen molar-refractivity contribution in [3.05, 3.63) is 29.8 Å². The van der Waals surface area contributed by atoms with Gasteiger partial charge in [-0.05, 0) is 32.0 Å². The van der Waals surface area contributed by atoms with Crippen LogP contribution in [-0.2, 0) is 9.47 Å². The summed E-state index contributed by atoms with van der Waals surface area (Å²) in [5.74, 6) is 0.674. The van der Waals surface area contributed by atoms with Crippen molar-refractivity contribution >= 4 is 5.91 Å². The van der Waals surface area contributed by atoms with E-state index in [9.17, 15) is 4.79 Å². The maximum Gasteiger partial charge on any atom is 0.254 e. The number of hydrogen-bond acceptors (Lipinski definition) is 4. The van der Waals surface area contributed by atoms with Crippen LogP contribution in [0.1, 0.15) is 24.2 Å². The van der Waals surface area contributed by atoms with Gasteiger partial charge in [0.15, 0.2) is 0 Å². The molecule has 0 saturated carbocycles. The normalized spacial score (nSPS) is 21.1. The monoisotopic (exact) mass is 293 g/mol. The fourth-order valence-electron chi connectivity index (χ4n) is 2.66. The van der Waals surface area contributed by atoms with Crippen LogP contribution >= 0.6 is 0 Å². The van der Waals surface area contributed by atoms with Gasteiger partial charge in [0.2, 0.25) is 0 Å². The lowest BCUT2D eigenvalue weighted by atomic mass is 10.0. The molecule has 0 unspecified atom stereocenters. The molecule has 1 saturated heterocycles. The van der Waals surface area contributed by atoms with Crippen molar-refractivity contribution < 1.29 is 19.0 Å². The minimum absolute atomic E-state index is 0.00798. The number of methoxy groups -OCH3 is 2. The van der Waals surface area contributed by atoms with Gasteiger partial charge >= 0.3 is 0 Å². The molecule has 1 heterocycles. The molecular weight excluding hydrogens is 270 g/mol. The van der Waals surface area contributed by atoms with Crippen LogP contribution in [0.4, 0.5) is 0 Å². The summed E-state index contributed by atoms with van der Waals surface area (Å²) in [7, 11) is 3.23. The maximum absolute atomic E-state index is 12.7. The number of carbonyl (C=O) groups is 1. The highest BCUT2D eigenvalue weighted by Crippen LogP contribution is 2.23. The summed E-state index contributed by atoms with van der Waals surface area (Å²) in [5.41, 5.74) is 0.249. The van der Waals surface area contributed by atoms with Gasteiger partial charge in [0.05, 0.1) is 25.4 Å². The molecule has 116 valence electrons. The Bertz CT molecular complexity index is 501. The van der Waals surface area contributed by atoms with E-state index in [1.165, 1.54) is 0 Å². The summed E-state index contributed by atoms with van der Waals surface area (Å²) in [5, 5.41) is 0. The van der Waals surface area contributed by atoms with E-state index in [1.54, 1.807) is 26.4 Å². The van der Waals surface area contributed by atoms with Gasteiger partial charge in [0.25, 0.3) is 5.91 Å². The van der Waals surface area contributed by atoms with Crippen molar-refractivity contribution in [3.63, 3.8) is 0 Å². The van der Waals surface area contributed by atoms with Crippen LogP contribution in [0, 0.1) is 0 Å². The summed E-state index contributed by atoms with van der Waals surface area (Å²) >= 11 is 0. The van der Waals surface area contributed by atoms with Gasteiger partial charge in [-0.25, -0.2) is 0 Å². The Hall–Kier alpha value is -1.59. The van der Waals surface area contributed by atoms with E-state index in [1.807, 2.05) is 30.9 Å². The molecule has 2 rings (SSSR count). The van der Waals surface area contributed by atoms with E-state index in [0.29, 0.717) is 31.0 Å². The second kappa shape index (κ2) is 6.45. The molecule has 5 heteroatoms. The van der Waals surface area contributed by atoms with E-state index < -0.39 is 0 Å². The number of amides is 1. The van der Waals surface area contributed by atoms with Gasteiger partial charge in [-0.2, -0.15) is 0 Å². The number of morpholine rings is 1. The zero-order valence-electron chi connectivity index (χ0n) is 13.1. The molecule has 0 aliphatic carbocycles. The predicted octanol–water partition coefficient (Wildman–Crippen LogP) is 1.96. The molecular formula is C16H23NO4. The summed E-state index contributed by atoms with van der Waals surface area (Å²) in [6, 6.07) is 7.22. The van der Waals surface area contributed by atoms with Crippen LogP contribution < -0.4 is 4.74 Å². The van der Waals surface area contributed by atoms with Gasteiger partial charge in [-0.1, -0.05) is 6.07 Å². The quantitative estimate of drug-likeness (QED) is 0.851. The average Bonchev–Trinajstić information content (AvgIpc) is 2.45. The van der Waals surface area contributed by atoms with Crippen molar-refractivity contribution in [3.8, 4) is 5.75 Å². The summed E-state index contributed by atoms with van der Waals surface area (Å²) in [4.78, 5) is 14.5. The molecule has 0 aromatic heterocycles. The van der Waals surface area contributed by atoms with E-state index in [-0.39, 0.29) is 17.6 Å². The molecule has 1 aromatic rings. The standard InChI is InChI=1S/C16H23NO4/c1-16(2)11-17(9-14(21-16)10-19-3)15(18)12-6-5-7-13(8-12)20-4/h5-8,14H,9-11H2,1-4H3/t14-/m0/s1. The van der Waals surface area contributed by atoms with Gasteiger partial charge in [-0.3, -0.25) is 4.79 Å². The van der Waals surface area contributed by atoms with E-state index in [2.05, 4.69) is 0 Å². The summed E-state index contributed by atoms with van der Waals surface area (Å²) < 4.78 is 16.3. The Labute approximate surface area is 125 Å².